The molecule has 0 fully saturated rings. The molecule has 2 amide bonds. The highest BCUT2D eigenvalue weighted by Gasteiger charge is 2.33. The van der Waals surface area contributed by atoms with Crippen molar-refractivity contribution in [3.8, 4) is 0 Å². The van der Waals surface area contributed by atoms with Gasteiger partial charge in [0.05, 0.1) is 15.6 Å². The second-order valence-corrected chi connectivity index (χ2v) is 11.7. The quantitative estimate of drug-likeness (QED) is 0.337. The van der Waals surface area contributed by atoms with Crippen LogP contribution in [0.2, 0.25) is 5.02 Å². The summed E-state index contributed by atoms with van der Waals surface area (Å²) < 4.78 is 42.3. The molecule has 1 N–H and O–H groups in total. The lowest BCUT2D eigenvalue weighted by Crippen LogP contribution is -2.52. The van der Waals surface area contributed by atoms with Gasteiger partial charge in [-0.15, -0.1) is 0 Å². The van der Waals surface area contributed by atoms with Crippen molar-refractivity contribution in [3.63, 3.8) is 0 Å². The molecule has 0 saturated carbocycles. The maximum Gasteiger partial charge on any atom is 0.264 e. The highest BCUT2D eigenvalue weighted by molar-refractivity contribution is 7.92. The number of carbonyl (C=O) groups is 2. The summed E-state index contributed by atoms with van der Waals surface area (Å²) in [6.45, 7) is 6.79. The lowest BCUT2D eigenvalue weighted by atomic mass is 10.1. The average Bonchev–Trinajstić information content (AvgIpc) is 2.92. The van der Waals surface area contributed by atoms with Gasteiger partial charge in [-0.25, -0.2) is 12.8 Å². The Hall–Kier alpha value is -3.43. The monoisotopic (exact) mass is 573 g/mol. The summed E-state index contributed by atoms with van der Waals surface area (Å²) in [6.07, 6.45) is 0.707. The number of sulfonamides is 1. The van der Waals surface area contributed by atoms with Gasteiger partial charge in [0.25, 0.3) is 10.0 Å². The first-order valence-corrected chi connectivity index (χ1v) is 14.4. The van der Waals surface area contributed by atoms with Crippen LogP contribution in [0.15, 0.2) is 77.7 Å². The fourth-order valence-electron chi connectivity index (χ4n) is 3.83. The number of benzene rings is 3. The summed E-state index contributed by atoms with van der Waals surface area (Å²) in [5.74, 6) is -1.69. The Morgan fingerprint density at radius 1 is 1.00 bits per heavy atom. The molecule has 0 aromatic heterocycles. The molecule has 0 aliphatic heterocycles. The van der Waals surface area contributed by atoms with Crippen LogP contribution in [0, 0.1) is 12.7 Å². The molecule has 3 aromatic rings. The van der Waals surface area contributed by atoms with E-state index in [-0.39, 0.29) is 34.1 Å². The van der Waals surface area contributed by atoms with Gasteiger partial charge in [0.15, 0.2) is 0 Å². The Labute approximate surface area is 234 Å². The van der Waals surface area contributed by atoms with E-state index < -0.39 is 34.3 Å². The van der Waals surface area contributed by atoms with E-state index in [0.29, 0.717) is 6.42 Å². The molecule has 0 spiro atoms. The third kappa shape index (κ3) is 7.58. The van der Waals surface area contributed by atoms with E-state index in [0.717, 1.165) is 27.6 Å². The van der Waals surface area contributed by atoms with Crippen LogP contribution in [-0.2, 0) is 26.2 Å². The molecule has 2 atom stereocenters. The number of amides is 2. The standard InChI is InChI=1S/C29H33ClFN3O4S/c1-5-21(3)32-29(36)22(4)33(18-23-13-11-20(2)12-14-23)28(35)19-34(24-15-16-27(31)26(30)17-24)39(37,38)25-9-7-6-8-10-25/h6-17,21-22H,5,18-19H2,1-4H3,(H,32,36)/t21-,22+/m0/s1. The molecule has 3 rings (SSSR count). The van der Waals surface area contributed by atoms with E-state index in [2.05, 4.69) is 5.32 Å². The molecule has 0 unspecified atom stereocenters. The van der Waals surface area contributed by atoms with Gasteiger partial charge in [-0.3, -0.25) is 13.9 Å². The van der Waals surface area contributed by atoms with Gasteiger partial charge in [-0.05, 0) is 63.1 Å². The maximum absolute atomic E-state index is 14.0. The van der Waals surface area contributed by atoms with E-state index in [9.17, 15) is 22.4 Å². The van der Waals surface area contributed by atoms with Crippen LogP contribution in [0.3, 0.4) is 0 Å². The molecule has 7 nitrogen and oxygen atoms in total. The lowest BCUT2D eigenvalue weighted by molar-refractivity contribution is -0.139. The third-order valence-electron chi connectivity index (χ3n) is 6.44. The van der Waals surface area contributed by atoms with Gasteiger partial charge >= 0.3 is 0 Å². The van der Waals surface area contributed by atoms with Crippen molar-refractivity contribution in [2.24, 2.45) is 0 Å². The molecular weight excluding hydrogens is 541 g/mol. The van der Waals surface area contributed by atoms with Crippen molar-refractivity contribution in [1.82, 2.24) is 10.2 Å². The number of carbonyl (C=O) groups excluding carboxylic acids is 2. The first kappa shape index (κ1) is 30.1. The first-order valence-electron chi connectivity index (χ1n) is 12.6. The zero-order valence-electron chi connectivity index (χ0n) is 22.4. The molecule has 0 saturated heterocycles. The number of rotatable bonds is 11. The van der Waals surface area contributed by atoms with Crippen molar-refractivity contribution in [2.45, 2.75) is 57.6 Å². The number of hydrogen-bond acceptors (Lipinski definition) is 4. The summed E-state index contributed by atoms with van der Waals surface area (Å²) in [7, 11) is -4.26. The summed E-state index contributed by atoms with van der Waals surface area (Å²) in [4.78, 5) is 28.2. The molecule has 0 bridgehead atoms. The number of aryl methyl sites for hydroxylation is 1. The molecule has 208 valence electrons. The zero-order chi connectivity index (χ0) is 28.7. The normalized spacial score (nSPS) is 12.9. The maximum atomic E-state index is 14.0. The van der Waals surface area contributed by atoms with Crippen molar-refractivity contribution in [2.75, 3.05) is 10.8 Å². The van der Waals surface area contributed by atoms with Crippen LogP contribution in [0.25, 0.3) is 0 Å². The van der Waals surface area contributed by atoms with E-state index >= 15 is 0 Å². The van der Waals surface area contributed by atoms with Crippen molar-refractivity contribution < 1.29 is 22.4 Å². The lowest BCUT2D eigenvalue weighted by Gasteiger charge is -2.32. The number of nitrogens with zero attached hydrogens (tertiary/aromatic N) is 2. The van der Waals surface area contributed by atoms with Gasteiger partial charge in [0.2, 0.25) is 11.8 Å². The topological polar surface area (TPSA) is 86.8 Å². The van der Waals surface area contributed by atoms with E-state index in [4.69, 9.17) is 11.6 Å². The SMILES string of the molecule is CC[C@H](C)NC(=O)[C@@H](C)N(Cc1ccc(C)cc1)C(=O)CN(c1ccc(F)c(Cl)c1)S(=O)(=O)c1ccccc1. The van der Waals surface area contributed by atoms with Crippen LogP contribution in [0.5, 0.6) is 0 Å². The van der Waals surface area contributed by atoms with Gasteiger partial charge in [-0.2, -0.15) is 0 Å². The van der Waals surface area contributed by atoms with Crippen LogP contribution in [0.4, 0.5) is 10.1 Å². The highest BCUT2D eigenvalue weighted by Crippen LogP contribution is 2.28. The van der Waals surface area contributed by atoms with Crippen LogP contribution in [-0.4, -0.2) is 43.8 Å². The highest BCUT2D eigenvalue weighted by atomic mass is 35.5. The predicted octanol–water partition coefficient (Wildman–Crippen LogP) is 5.31. The van der Waals surface area contributed by atoms with Crippen LogP contribution in [0.1, 0.15) is 38.3 Å². The molecule has 3 aromatic carbocycles. The predicted molar refractivity (Wildman–Crippen MR) is 151 cm³/mol. The minimum atomic E-state index is -4.26. The molecule has 10 heteroatoms. The van der Waals surface area contributed by atoms with Gasteiger partial charge < -0.3 is 10.2 Å². The third-order valence-corrected chi connectivity index (χ3v) is 8.52. The average molecular weight is 574 g/mol. The first-order chi connectivity index (χ1) is 18.4. The Balaban J connectivity index is 2.03. The number of halogens is 2. The number of nitrogens with one attached hydrogen (secondary N) is 1. The zero-order valence-corrected chi connectivity index (χ0v) is 24.0. The van der Waals surface area contributed by atoms with Crippen molar-refractivity contribution in [3.05, 3.63) is 94.8 Å². The van der Waals surface area contributed by atoms with Crippen LogP contribution < -0.4 is 9.62 Å². The minimum absolute atomic E-state index is 0.0191. The van der Waals surface area contributed by atoms with Gasteiger partial charge in [0.1, 0.15) is 18.4 Å². The Morgan fingerprint density at radius 2 is 1.64 bits per heavy atom. The smallest absolute Gasteiger partial charge is 0.264 e. The molecular formula is C29H33ClFN3O4S. The molecule has 0 radical (unpaired) electrons. The number of anilines is 1. The summed E-state index contributed by atoms with van der Waals surface area (Å²) in [6, 6.07) is 17.6. The molecule has 0 aliphatic carbocycles. The van der Waals surface area contributed by atoms with Crippen molar-refractivity contribution >= 4 is 39.1 Å². The Bertz CT molecular complexity index is 1400. The largest absolute Gasteiger partial charge is 0.352 e. The van der Waals surface area contributed by atoms with E-state index in [1.54, 1.807) is 25.1 Å². The fourth-order valence-corrected chi connectivity index (χ4v) is 5.43. The minimum Gasteiger partial charge on any atom is -0.352 e. The van der Waals surface area contributed by atoms with E-state index in [1.807, 2.05) is 45.0 Å². The van der Waals surface area contributed by atoms with Gasteiger partial charge in [-0.1, -0.05) is 66.6 Å². The molecule has 0 aliphatic rings. The second kappa shape index (κ2) is 13.1. The molecule has 0 heterocycles. The molecule has 39 heavy (non-hydrogen) atoms. The summed E-state index contributed by atoms with van der Waals surface area (Å²) in [5.41, 5.74) is 1.83. The van der Waals surface area contributed by atoms with E-state index in [1.165, 1.54) is 23.1 Å². The summed E-state index contributed by atoms with van der Waals surface area (Å²) in [5, 5.41) is 2.60. The summed E-state index contributed by atoms with van der Waals surface area (Å²) >= 11 is 5.98. The van der Waals surface area contributed by atoms with Gasteiger partial charge in [0, 0.05) is 12.6 Å². The fraction of sp³-hybridized carbons (Fsp3) is 0.310. The second-order valence-electron chi connectivity index (χ2n) is 9.42. The Kier molecular flexibility index (Phi) is 10.1. The Morgan fingerprint density at radius 3 is 2.23 bits per heavy atom. The van der Waals surface area contributed by atoms with Crippen LogP contribution >= 0.6 is 11.6 Å². The van der Waals surface area contributed by atoms with Crippen molar-refractivity contribution in [1.29, 1.82) is 0 Å². The number of hydrogen-bond donors (Lipinski definition) is 1.